The number of anilines is 1. The molecule has 0 unspecified atom stereocenters. The summed E-state index contributed by atoms with van der Waals surface area (Å²) >= 11 is 1.52. The SMILES string of the molecule is CCc1ccc(CN(C)C(=O)CSc2nnc(N3CCCCC3)n2C2CC2)cc1. The molecule has 1 aromatic carbocycles. The molecule has 0 radical (unpaired) electrons. The van der Waals surface area contributed by atoms with E-state index in [1.165, 1.54) is 49.4 Å². The molecule has 29 heavy (non-hydrogen) atoms. The Bertz CT molecular complexity index is 824. The largest absolute Gasteiger partial charge is 0.341 e. The van der Waals surface area contributed by atoms with E-state index in [-0.39, 0.29) is 5.91 Å². The van der Waals surface area contributed by atoms with Crippen LogP contribution in [0.25, 0.3) is 0 Å². The zero-order chi connectivity index (χ0) is 20.2. The fourth-order valence-electron chi connectivity index (χ4n) is 3.81. The first-order valence-electron chi connectivity index (χ1n) is 10.8. The number of aryl methyl sites for hydroxylation is 1. The number of piperidine rings is 1. The quantitative estimate of drug-likeness (QED) is 0.614. The van der Waals surface area contributed by atoms with Crippen LogP contribution < -0.4 is 4.90 Å². The normalized spacial score (nSPS) is 16.8. The van der Waals surface area contributed by atoms with E-state index in [0.717, 1.165) is 36.2 Å². The summed E-state index contributed by atoms with van der Waals surface area (Å²) in [7, 11) is 1.88. The summed E-state index contributed by atoms with van der Waals surface area (Å²) in [5.74, 6) is 1.53. The molecule has 0 atom stereocenters. The lowest BCUT2D eigenvalue weighted by Gasteiger charge is -2.27. The smallest absolute Gasteiger partial charge is 0.233 e. The number of aromatic nitrogens is 3. The molecule has 156 valence electrons. The van der Waals surface area contributed by atoms with Crippen LogP contribution in [0.15, 0.2) is 29.4 Å². The van der Waals surface area contributed by atoms with Crippen LogP contribution in [0.5, 0.6) is 0 Å². The Kier molecular flexibility index (Phi) is 6.43. The van der Waals surface area contributed by atoms with Gasteiger partial charge >= 0.3 is 0 Å². The van der Waals surface area contributed by atoms with Crippen molar-refractivity contribution in [3.63, 3.8) is 0 Å². The van der Waals surface area contributed by atoms with Gasteiger partial charge in [0, 0.05) is 32.7 Å². The van der Waals surface area contributed by atoms with Crippen LogP contribution in [0.2, 0.25) is 0 Å². The number of benzene rings is 1. The molecule has 6 nitrogen and oxygen atoms in total. The average Bonchev–Trinajstić information content (AvgIpc) is 3.52. The molecule has 1 saturated heterocycles. The Labute approximate surface area is 177 Å². The number of carbonyl (C=O) groups is 1. The molecule has 0 N–H and O–H groups in total. The fourth-order valence-corrected chi connectivity index (χ4v) is 4.75. The number of carbonyl (C=O) groups excluding carboxylic acids is 1. The third-order valence-corrected chi connectivity index (χ3v) is 6.73. The second kappa shape index (κ2) is 9.20. The number of rotatable bonds is 8. The first kappa shape index (κ1) is 20.3. The molecule has 1 amide bonds. The molecule has 1 saturated carbocycles. The van der Waals surface area contributed by atoms with Crippen LogP contribution in [0.1, 0.15) is 56.2 Å². The van der Waals surface area contributed by atoms with Crippen molar-refractivity contribution in [3.8, 4) is 0 Å². The lowest BCUT2D eigenvalue weighted by molar-refractivity contribution is -0.127. The van der Waals surface area contributed by atoms with Gasteiger partial charge in [0.15, 0.2) is 5.16 Å². The van der Waals surface area contributed by atoms with Crippen molar-refractivity contribution in [1.82, 2.24) is 19.7 Å². The van der Waals surface area contributed by atoms with Crippen molar-refractivity contribution >= 4 is 23.6 Å². The van der Waals surface area contributed by atoms with E-state index in [1.807, 2.05) is 7.05 Å². The van der Waals surface area contributed by atoms with Crippen LogP contribution in [0.3, 0.4) is 0 Å². The van der Waals surface area contributed by atoms with Gasteiger partial charge in [0.1, 0.15) is 0 Å². The molecule has 4 rings (SSSR count). The Balaban J connectivity index is 1.36. The van der Waals surface area contributed by atoms with Gasteiger partial charge in [-0.25, -0.2) is 0 Å². The Morgan fingerprint density at radius 1 is 1.10 bits per heavy atom. The molecule has 2 aliphatic rings. The first-order chi connectivity index (χ1) is 14.2. The standard InChI is InChI=1S/C22H31N5OS/c1-3-17-7-9-18(10-8-17)15-25(2)20(28)16-29-22-24-23-21(27(22)19-11-12-19)26-13-5-4-6-14-26/h7-10,19H,3-6,11-16H2,1-2H3. The number of thioether (sulfide) groups is 1. The average molecular weight is 414 g/mol. The van der Waals surface area contributed by atoms with Crippen molar-refractivity contribution < 1.29 is 4.79 Å². The molecular formula is C22H31N5OS. The Hall–Kier alpha value is -2.02. The maximum absolute atomic E-state index is 12.7. The van der Waals surface area contributed by atoms with Crippen molar-refractivity contribution in [3.05, 3.63) is 35.4 Å². The second-order valence-electron chi connectivity index (χ2n) is 8.14. The van der Waals surface area contributed by atoms with Crippen LogP contribution >= 0.6 is 11.8 Å². The number of hydrogen-bond donors (Lipinski definition) is 0. The fraction of sp³-hybridized carbons (Fsp3) is 0.591. The highest BCUT2D eigenvalue weighted by atomic mass is 32.2. The molecular weight excluding hydrogens is 382 g/mol. The minimum Gasteiger partial charge on any atom is -0.341 e. The molecule has 1 aliphatic carbocycles. The van der Waals surface area contributed by atoms with Crippen LogP contribution in [-0.2, 0) is 17.8 Å². The van der Waals surface area contributed by atoms with Gasteiger partial charge in [-0.2, -0.15) is 0 Å². The van der Waals surface area contributed by atoms with Crippen LogP contribution in [-0.4, -0.2) is 51.5 Å². The van der Waals surface area contributed by atoms with E-state index in [4.69, 9.17) is 0 Å². The van der Waals surface area contributed by atoms with Gasteiger partial charge in [-0.3, -0.25) is 9.36 Å². The van der Waals surface area contributed by atoms with E-state index in [2.05, 4.69) is 50.9 Å². The van der Waals surface area contributed by atoms with Gasteiger partial charge in [0.05, 0.1) is 5.75 Å². The lowest BCUT2D eigenvalue weighted by atomic mass is 10.1. The lowest BCUT2D eigenvalue weighted by Crippen LogP contribution is -2.32. The predicted molar refractivity (Wildman–Crippen MR) is 117 cm³/mol. The Morgan fingerprint density at radius 2 is 1.79 bits per heavy atom. The molecule has 1 aliphatic heterocycles. The van der Waals surface area contributed by atoms with Gasteiger partial charge in [-0.05, 0) is 49.7 Å². The number of hydrogen-bond acceptors (Lipinski definition) is 5. The minimum absolute atomic E-state index is 0.124. The van der Waals surface area contributed by atoms with Gasteiger partial charge in [0.25, 0.3) is 0 Å². The van der Waals surface area contributed by atoms with E-state index < -0.39 is 0 Å². The van der Waals surface area contributed by atoms with Crippen LogP contribution in [0, 0.1) is 0 Å². The molecule has 1 aromatic heterocycles. The first-order valence-corrected chi connectivity index (χ1v) is 11.8. The van der Waals surface area contributed by atoms with Gasteiger partial charge in [-0.15, -0.1) is 10.2 Å². The van der Waals surface area contributed by atoms with E-state index in [0.29, 0.717) is 18.3 Å². The molecule has 2 fully saturated rings. The third kappa shape index (κ3) is 4.94. The maximum atomic E-state index is 12.7. The number of nitrogens with zero attached hydrogens (tertiary/aromatic N) is 5. The van der Waals surface area contributed by atoms with Gasteiger partial charge in [0.2, 0.25) is 11.9 Å². The molecule has 0 spiro atoms. The molecule has 0 bridgehead atoms. The van der Waals surface area contributed by atoms with Crippen molar-refractivity contribution in [2.45, 2.75) is 63.2 Å². The highest BCUT2D eigenvalue weighted by Crippen LogP contribution is 2.41. The van der Waals surface area contributed by atoms with E-state index in [1.54, 1.807) is 4.90 Å². The topological polar surface area (TPSA) is 54.3 Å². The summed E-state index contributed by atoms with van der Waals surface area (Å²) in [6.45, 7) is 4.92. The van der Waals surface area contributed by atoms with Crippen molar-refractivity contribution in [2.75, 3.05) is 30.8 Å². The monoisotopic (exact) mass is 413 g/mol. The summed E-state index contributed by atoms with van der Waals surface area (Å²) in [4.78, 5) is 16.9. The van der Waals surface area contributed by atoms with Crippen molar-refractivity contribution in [2.24, 2.45) is 0 Å². The molecule has 2 aromatic rings. The summed E-state index contributed by atoms with van der Waals surface area (Å²) in [5, 5.41) is 9.84. The van der Waals surface area contributed by atoms with Gasteiger partial charge < -0.3 is 9.80 Å². The summed E-state index contributed by atoms with van der Waals surface area (Å²) in [6.07, 6.45) is 7.16. The summed E-state index contributed by atoms with van der Waals surface area (Å²) < 4.78 is 2.28. The number of amides is 1. The maximum Gasteiger partial charge on any atom is 0.233 e. The highest BCUT2D eigenvalue weighted by Gasteiger charge is 2.32. The minimum atomic E-state index is 0.124. The van der Waals surface area contributed by atoms with E-state index in [9.17, 15) is 4.79 Å². The van der Waals surface area contributed by atoms with Crippen molar-refractivity contribution in [1.29, 1.82) is 0 Å². The summed E-state index contributed by atoms with van der Waals surface area (Å²) in [6, 6.07) is 9.02. The third-order valence-electron chi connectivity index (χ3n) is 5.80. The molecule has 2 heterocycles. The zero-order valence-corrected chi connectivity index (χ0v) is 18.3. The predicted octanol–water partition coefficient (Wildman–Crippen LogP) is 3.92. The van der Waals surface area contributed by atoms with E-state index >= 15 is 0 Å². The second-order valence-corrected chi connectivity index (χ2v) is 9.08. The zero-order valence-electron chi connectivity index (χ0n) is 17.5. The van der Waals surface area contributed by atoms with Gasteiger partial charge in [-0.1, -0.05) is 43.0 Å². The van der Waals surface area contributed by atoms with Crippen LogP contribution in [0.4, 0.5) is 5.95 Å². The highest BCUT2D eigenvalue weighted by molar-refractivity contribution is 7.99. The Morgan fingerprint density at radius 3 is 2.45 bits per heavy atom. The molecule has 7 heteroatoms. The summed E-state index contributed by atoms with van der Waals surface area (Å²) in [5.41, 5.74) is 2.48.